The minimum atomic E-state index is 0.769. The van der Waals surface area contributed by atoms with Crippen molar-refractivity contribution in [2.75, 3.05) is 0 Å². The molecule has 0 spiro atoms. The fraction of sp³-hybridized carbons (Fsp3) is 0.412. The van der Waals surface area contributed by atoms with Crippen molar-refractivity contribution in [3.05, 3.63) is 53.6 Å². The Morgan fingerprint density at radius 2 is 1.88 bits per heavy atom. The van der Waals surface area contributed by atoms with Crippen molar-refractivity contribution >= 4 is 6.08 Å². The number of rotatable bonds is 6. The van der Waals surface area contributed by atoms with Crippen molar-refractivity contribution in [2.24, 2.45) is 5.92 Å². The van der Waals surface area contributed by atoms with E-state index in [2.05, 4.69) is 69.3 Å². The Kier molecular flexibility index (Phi) is 6.39. The van der Waals surface area contributed by atoms with Crippen LogP contribution < -0.4 is 0 Å². The molecule has 0 nitrogen and oxygen atoms in total. The molecule has 1 aromatic rings. The lowest BCUT2D eigenvalue weighted by Gasteiger charge is -2.06. The van der Waals surface area contributed by atoms with E-state index in [0.29, 0.717) is 0 Å². The van der Waals surface area contributed by atoms with Crippen LogP contribution in [0.25, 0.3) is 6.08 Å². The van der Waals surface area contributed by atoms with Gasteiger partial charge in [-0.25, -0.2) is 0 Å². The van der Waals surface area contributed by atoms with Gasteiger partial charge in [0.05, 0.1) is 0 Å². The van der Waals surface area contributed by atoms with E-state index in [1.165, 1.54) is 30.4 Å². The summed E-state index contributed by atoms with van der Waals surface area (Å²) in [5.41, 5.74) is 2.72. The summed E-state index contributed by atoms with van der Waals surface area (Å²) in [7, 11) is 0. The van der Waals surface area contributed by atoms with Crippen LogP contribution in [0, 0.1) is 5.92 Å². The summed E-state index contributed by atoms with van der Waals surface area (Å²) in [6.45, 7) is 6.66. The van der Waals surface area contributed by atoms with Crippen molar-refractivity contribution < 1.29 is 0 Å². The van der Waals surface area contributed by atoms with E-state index in [0.717, 1.165) is 5.92 Å². The molecule has 1 rings (SSSR count). The van der Waals surface area contributed by atoms with Gasteiger partial charge in [-0.05, 0) is 44.6 Å². The highest BCUT2D eigenvalue weighted by molar-refractivity contribution is 5.48. The van der Waals surface area contributed by atoms with Crippen LogP contribution in [0.4, 0.5) is 0 Å². The van der Waals surface area contributed by atoms with Crippen LogP contribution in [0.2, 0.25) is 0 Å². The monoisotopic (exact) mass is 228 g/mol. The average molecular weight is 228 g/mol. The van der Waals surface area contributed by atoms with Crippen LogP contribution in [0.3, 0.4) is 0 Å². The van der Waals surface area contributed by atoms with Gasteiger partial charge in [-0.15, -0.1) is 0 Å². The van der Waals surface area contributed by atoms with Crippen molar-refractivity contribution in [1.82, 2.24) is 0 Å². The first-order valence-electron chi connectivity index (χ1n) is 6.53. The standard InChI is InChI=1S/C17H24/c1-15(2)9-7-10-16(3)11-8-14-17-12-5-4-6-13-17/h4-6,8-9,12-14,16H,7,10-11H2,1-3H3/b14-8+/t16-/m0/s1. The summed E-state index contributed by atoms with van der Waals surface area (Å²) in [6, 6.07) is 10.5. The molecule has 0 aromatic heterocycles. The first-order valence-corrected chi connectivity index (χ1v) is 6.53. The highest BCUT2D eigenvalue weighted by Gasteiger charge is 1.97. The molecular formula is C17H24. The average Bonchev–Trinajstić information content (AvgIpc) is 2.30. The van der Waals surface area contributed by atoms with Crippen molar-refractivity contribution in [3.8, 4) is 0 Å². The van der Waals surface area contributed by atoms with Crippen molar-refractivity contribution in [1.29, 1.82) is 0 Å². The number of allylic oxidation sites excluding steroid dienone is 3. The van der Waals surface area contributed by atoms with Gasteiger partial charge >= 0.3 is 0 Å². The lowest BCUT2D eigenvalue weighted by molar-refractivity contribution is 0.546. The summed E-state index contributed by atoms with van der Waals surface area (Å²) in [4.78, 5) is 0. The molecule has 0 fully saturated rings. The Bertz CT molecular complexity index is 353. The number of benzene rings is 1. The van der Waals surface area contributed by atoms with E-state index in [9.17, 15) is 0 Å². The van der Waals surface area contributed by atoms with Gasteiger partial charge in [-0.2, -0.15) is 0 Å². The van der Waals surface area contributed by atoms with Gasteiger partial charge in [0.25, 0.3) is 0 Å². The summed E-state index contributed by atoms with van der Waals surface area (Å²) < 4.78 is 0. The third kappa shape index (κ3) is 6.78. The third-order valence-electron chi connectivity index (χ3n) is 2.86. The second-order valence-electron chi connectivity index (χ2n) is 5.01. The molecule has 0 saturated heterocycles. The molecule has 0 aliphatic carbocycles. The van der Waals surface area contributed by atoms with Gasteiger partial charge in [0.2, 0.25) is 0 Å². The maximum atomic E-state index is 2.33. The topological polar surface area (TPSA) is 0 Å². The van der Waals surface area contributed by atoms with E-state index in [-0.39, 0.29) is 0 Å². The normalized spacial score (nSPS) is 12.6. The Hall–Kier alpha value is -1.30. The molecule has 0 N–H and O–H groups in total. The summed E-state index contributed by atoms with van der Waals surface area (Å²) in [6.07, 6.45) is 10.5. The number of hydrogen-bond acceptors (Lipinski definition) is 0. The molecule has 1 aromatic carbocycles. The fourth-order valence-corrected chi connectivity index (χ4v) is 1.77. The Morgan fingerprint density at radius 1 is 1.18 bits per heavy atom. The number of hydrogen-bond donors (Lipinski definition) is 0. The van der Waals surface area contributed by atoms with Crippen LogP contribution in [0.15, 0.2) is 48.1 Å². The summed E-state index contributed by atoms with van der Waals surface area (Å²) in [5, 5.41) is 0. The van der Waals surface area contributed by atoms with Crippen LogP contribution in [0.1, 0.15) is 45.6 Å². The molecule has 92 valence electrons. The molecule has 0 radical (unpaired) electrons. The zero-order valence-corrected chi connectivity index (χ0v) is 11.3. The minimum Gasteiger partial charge on any atom is -0.0859 e. The van der Waals surface area contributed by atoms with Crippen LogP contribution in [-0.2, 0) is 0 Å². The van der Waals surface area contributed by atoms with E-state index >= 15 is 0 Å². The SMILES string of the molecule is CC(C)=CCC[C@H](C)C/C=C/c1ccccc1. The molecule has 0 heteroatoms. The Labute approximate surface area is 106 Å². The van der Waals surface area contributed by atoms with E-state index in [1.54, 1.807) is 0 Å². The zero-order valence-electron chi connectivity index (χ0n) is 11.3. The van der Waals surface area contributed by atoms with Gasteiger partial charge < -0.3 is 0 Å². The predicted molar refractivity (Wildman–Crippen MR) is 77.9 cm³/mol. The smallest absolute Gasteiger partial charge is 0.0260 e. The minimum absolute atomic E-state index is 0.769. The first kappa shape index (κ1) is 13.8. The second-order valence-corrected chi connectivity index (χ2v) is 5.01. The predicted octanol–water partition coefficient (Wildman–Crippen LogP) is 5.47. The quantitative estimate of drug-likeness (QED) is 0.566. The van der Waals surface area contributed by atoms with Crippen LogP contribution >= 0.6 is 0 Å². The molecule has 0 saturated carbocycles. The first-order chi connectivity index (χ1) is 8.18. The molecule has 0 amide bonds. The maximum Gasteiger partial charge on any atom is -0.0260 e. The van der Waals surface area contributed by atoms with Crippen LogP contribution in [-0.4, -0.2) is 0 Å². The molecule has 0 bridgehead atoms. The van der Waals surface area contributed by atoms with Gasteiger partial charge in [0.1, 0.15) is 0 Å². The largest absolute Gasteiger partial charge is 0.0859 e. The second kappa shape index (κ2) is 7.89. The fourth-order valence-electron chi connectivity index (χ4n) is 1.77. The van der Waals surface area contributed by atoms with Crippen molar-refractivity contribution in [3.63, 3.8) is 0 Å². The molecule has 0 aliphatic rings. The van der Waals surface area contributed by atoms with Gasteiger partial charge in [-0.1, -0.05) is 61.1 Å². The van der Waals surface area contributed by atoms with E-state index < -0.39 is 0 Å². The third-order valence-corrected chi connectivity index (χ3v) is 2.86. The van der Waals surface area contributed by atoms with Gasteiger partial charge in [-0.3, -0.25) is 0 Å². The Morgan fingerprint density at radius 3 is 2.53 bits per heavy atom. The van der Waals surface area contributed by atoms with Gasteiger partial charge in [0, 0.05) is 0 Å². The molecule has 1 atom stereocenters. The highest BCUT2D eigenvalue weighted by atomic mass is 14.0. The summed E-state index contributed by atoms with van der Waals surface area (Å²) >= 11 is 0. The lowest BCUT2D eigenvalue weighted by atomic mass is 10.0. The Balaban J connectivity index is 2.26. The summed E-state index contributed by atoms with van der Waals surface area (Å²) in [5.74, 6) is 0.769. The maximum absolute atomic E-state index is 2.33. The molecule has 0 aliphatic heterocycles. The van der Waals surface area contributed by atoms with E-state index in [1.807, 2.05) is 0 Å². The van der Waals surface area contributed by atoms with Crippen LogP contribution in [0.5, 0.6) is 0 Å². The molecule has 0 heterocycles. The lowest BCUT2D eigenvalue weighted by Crippen LogP contribution is -1.91. The molecule has 17 heavy (non-hydrogen) atoms. The van der Waals surface area contributed by atoms with Crippen molar-refractivity contribution in [2.45, 2.75) is 40.0 Å². The molecule has 0 unspecified atom stereocenters. The molecular weight excluding hydrogens is 204 g/mol. The highest BCUT2D eigenvalue weighted by Crippen LogP contribution is 2.13. The van der Waals surface area contributed by atoms with Gasteiger partial charge in [0.15, 0.2) is 0 Å². The zero-order chi connectivity index (χ0) is 12.5. The van der Waals surface area contributed by atoms with E-state index in [4.69, 9.17) is 0 Å².